The molecule has 2 fully saturated rings. The van der Waals surface area contributed by atoms with Crippen LogP contribution in [0.25, 0.3) is 0 Å². The van der Waals surface area contributed by atoms with Crippen molar-refractivity contribution in [2.45, 2.75) is 38.4 Å². The monoisotopic (exact) mass is 347 g/mol. The largest absolute Gasteiger partial charge is 0.481 e. The molecule has 0 spiro atoms. The van der Waals surface area contributed by atoms with Crippen LogP contribution < -0.4 is 0 Å². The first-order valence-corrected chi connectivity index (χ1v) is 8.85. The molecule has 6 nitrogen and oxygen atoms in total. The Morgan fingerprint density at radius 3 is 2.68 bits per heavy atom. The Kier molecular flexibility index (Phi) is 5.71. The van der Waals surface area contributed by atoms with Crippen LogP contribution in [0.3, 0.4) is 0 Å². The van der Waals surface area contributed by atoms with E-state index in [0.717, 1.165) is 18.4 Å². The van der Waals surface area contributed by atoms with Crippen LogP contribution in [0.1, 0.15) is 36.5 Å². The second-order valence-electron chi connectivity index (χ2n) is 6.83. The van der Waals surface area contributed by atoms with Crippen LogP contribution in [0.2, 0.25) is 0 Å². The molecule has 3 atom stereocenters. The summed E-state index contributed by atoms with van der Waals surface area (Å²) in [5, 5.41) is 8.95. The summed E-state index contributed by atoms with van der Waals surface area (Å²) in [5.74, 6) is -1.08. The van der Waals surface area contributed by atoms with Crippen LogP contribution in [-0.2, 0) is 19.1 Å². The summed E-state index contributed by atoms with van der Waals surface area (Å²) < 4.78 is 11.4. The van der Waals surface area contributed by atoms with Crippen molar-refractivity contribution in [3.05, 3.63) is 35.4 Å². The number of hydrogen-bond donors (Lipinski definition) is 1. The number of aryl methyl sites for hydroxylation is 1. The number of carboxylic acid groups (broad SMARTS) is 1. The van der Waals surface area contributed by atoms with Crippen molar-refractivity contribution in [3.63, 3.8) is 0 Å². The molecule has 1 aromatic rings. The van der Waals surface area contributed by atoms with Gasteiger partial charge in [0.1, 0.15) is 0 Å². The summed E-state index contributed by atoms with van der Waals surface area (Å²) in [7, 11) is 0. The van der Waals surface area contributed by atoms with Gasteiger partial charge in [0, 0.05) is 19.7 Å². The minimum absolute atomic E-state index is 0.0453. The van der Waals surface area contributed by atoms with E-state index in [0.29, 0.717) is 26.3 Å². The number of benzene rings is 1. The van der Waals surface area contributed by atoms with Crippen LogP contribution in [0.4, 0.5) is 0 Å². The number of ether oxygens (including phenoxy) is 2. The Hall–Kier alpha value is -1.92. The van der Waals surface area contributed by atoms with E-state index in [2.05, 4.69) is 0 Å². The second-order valence-corrected chi connectivity index (χ2v) is 6.83. The zero-order valence-corrected chi connectivity index (χ0v) is 14.5. The van der Waals surface area contributed by atoms with E-state index in [1.54, 1.807) is 4.90 Å². The van der Waals surface area contributed by atoms with Crippen molar-refractivity contribution < 1.29 is 24.2 Å². The third-order valence-corrected chi connectivity index (χ3v) is 4.90. The third-order valence-electron chi connectivity index (χ3n) is 4.90. The summed E-state index contributed by atoms with van der Waals surface area (Å²) >= 11 is 0. The number of carbonyl (C=O) groups is 2. The summed E-state index contributed by atoms with van der Waals surface area (Å²) in [6.45, 7) is 3.92. The Morgan fingerprint density at radius 1 is 1.20 bits per heavy atom. The number of nitrogens with zero attached hydrogens (tertiary/aromatic N) is 1. The minimum Gasteiger partial charge on any atom is -0.481 e. The van der Waals surface area contributed by atoms with Gasteiger partial charge < -0.3 is 19.5 Å². The molecule has 136 valence electrons. The maximum Gasteiger partial charge on any atom is 0.306 e. The van der Waals surface area contributed by atoms with Gasteiger partial charge in [0.2, 0.25) is 5.91 Å². The molecule has 0 aliphatic carbocycles. The first-order chi connectivity index (χ1) is 12.0. The molecule has 1 amide bonds. The maximum atomic E-state index is 13.1. The number of aliphatic carboxylic acids is 1. The number of hydrogen-bond acceptors (Lipinski definition) is 4. The van der Waals surface area contributed by atoms with E-state index >= 15 is 0 Å². The molecule has 0 radical (unpaired) electrons. The molecule has 0 aromatic heterocycles. The van der Waals surface area contributed by atoms with Crippen molar-refractivity contribution in [1.82, 2.24) is 4.90 Å². The number of morpholine rings is 1. The quantitative estimate of drug-likeness (QED) is 0.903. The lowest BCUT2D eigenvalue weighted by molar-refractivity contribution is -0.156. The summed E-state index contributed by atoms with van der Waals surface area (Å²) in [6, 6.07) is 8.12. The van der Waals surface area contributed by atoms with E-state index < -0.39 is 12.1 Å². The molecule has 2 aliphatic rings. The Morgan fingerprint density at radius 2 is 1.96 bits per heavy atom. The molecular formula is C19H25NO5. The lowest BCUT2D eigenvalue weighted by Crippen LogP contribution is -2.49. The van der Waals surface area contributed by atoms with Crippen molar-refractivity contribution in [3.8, 4) is 0 Å². The van der Waals surface area contributed by atoms with Gasteiger partial charge in [0.05, 0.1) is 31.2 Å². The first kappa shape index (κ1) is 17.9. The molecule has 2 aliphatic heterocycles. The van der Waals surface area contributed by atoms with E-state index in [1.807, 2.05) is 31.2 Å². The van der Waals surface area contributed by atoms with Gasteiger partial charge in [-0.25, -0.2) is 0 Å². The molecule has 6 heteroatoms. The molecule has 2 saturated heterocycles. The normalized spacial score (nSPS) is 27.1. The molecule has 25 heavy (non-hydrogen) atoms. The lowest BCUT2D eigenvalue weighted by Gasteiger charge is -2.38. The SMILES string of the molecule is Cc1ccc([C@@H]2OCCC[C@H]2C(=O)N2CCO[C@H](CC(=O)O)C2)cc1. The number of amides is 1. The fourth-order valence-corrected chi connectivity index (χ4v) is 3.59. The third kappa shape index (κ3) is 4.38. The number of rotatable bonds is 4. The molecule has 3 rings (SSSR count). The second kappa shape index (κ2) is 7.97. The van der Waals surface area contributed by atoms with Crippen molar-refractivity contribution in [1.29, 1.82) is 0 Å². The zero-order chi connectivity index (χ0) is 17.8. The van der Waals surface area contributed by atoms with Crippen molar-refractivity contribution in [2.75, 3.05) is 26.3 Å². The first-order valence-electron chi connectivity index (χ1n) is 8.85. The summed E-state index contributed by atoms with van der Waals surface area (Å²) in [4.78, 5) is 25.7. The molecule has 1 aromatic carbocycles. The maximum absolute atomic E-state index is 13.1. The minimum atomic E-state index is -0.905. The van der Waals surface area contributed by atoms with Gasteiger partial charge in [-0.1, -0.05) is 29.8 Å². The highest BCUT2D eigenvalue weighted by atomic mass is 16.5. The lowest BCUT2D eigenvalue weighted by atomic mass is 9.87. The standard InChI is InChI=1S/C19H25NO5/c1-13-4-6-14(7-5-13)18-16(3-2-9-25-18)19(23)20-8-10-24-15(12-20)11-17(21)22/h4-7,15-16,18H,2-3,8-12H2,1H3,(H,21,22)/t15-,16-,18+/m1/s1. The summed E-state index contributed by atoms with van der Waals surface area (Å²) in [5.41, 5.74) is 2.20. The van der Waals surface area contributed by atoms with E-state index in [1.165, 1.54) is 5.56 Å². The van der Waals surface area contributed by atoms with Crippen LogP contribution in [0, 0.1) is 12.8 Å². The number of carbonyl (C=O) groups excluding carboxylic acids is 1. The Balaban J connectivity index is 1.72. The van der Waals surface area contributed by atoms with Gasteiger partial charge in [-0.05, 0) is 25.3 Å². The molecule has 1 N–H and O–H groups in total. The van der Waals surface area contributed by atoms with Gasteiger partial charge >= 0.3 is 5.97 Å². The highest BCUT2D eigenvalue weighted by Crippen LogP contribution is 2.35. The fraction of sp³-hybridized carbons (Fsp3) is 0.579. The van der Waals surface area contributed by atoms with Crippen molar-refractivity contribution in [2.24, 2.45) is 5.92 Å². The van der Waals surface area contributed by atoms with E-state index in [-0.39, 0.29) is 24.3 Å². The van der Waals surface area contributed by atoms with Crippen LogP contribution in [0.15, 0.2) is 24.3 Å². The average Bonchev–Trinajstić information content (AvgIpc) is 2.61. The number of carboxylic acids is 1. The molecule has 0 bridgehead atoms. The summed E-state index contributed by atoms with van der Waals surface area (Å²) in [6.07, 6.45) is 0.909. The van der Waals surface area contributed by atoms with Gasteiger partial charge in [-0.2, -0.15) is 0 Å². The van der Waals surface area contributed by atoms with Crippen LogP contribution in [-0.4, -0.2) is 54.3 Å². The molecule has 0 saturated carbocycles. The highest BCUT2D eigenvalue weighted by molar-refractivity contribution is 5.80. The molecule has 2 heterocycles. The highest BCUT2D eigenvalue weighted by Gasteiger charge is 2.37. The fourth-order valence-electron chi connectivity index (χ4n) is 3.59. The Bertz CT molecular complexity index is 615. The van der Waals surface area contributed by atoms with Gasteiger partial charge in [0.15, 0.2) is 0 Å². The predicted octanol–water partition coefficient (Wildman–Crippen LogP) is 2.16. The van der Waals surface area contributed by atoms with E-state index in [9.17, 15) is 9.59 Å². The van der Waals surface area contributed by atoms with Crippen molar-refractivity contribution >= 4 is 11.9 Å². The van der Waals surface area contributed by atoms with Gasteiger partial charge in [-0.3, -0.25) is 9.59 Å². The van der Waals surface area contributed by atoms with E-state index in [4.69, 9.17) is 14.6 Å². The Labute approximate surface area is 147 Å². The molecular weight excluding hydrogens is 322 g/mol. The zero-order valence-electron chi connectivity index (χ0n) is 14.5. The average molecular weight is 347 g/mol. The topological polar surface area (TPSA) is 76.1 Å². The van der Waals surface area contributed by atoms with Crippen LogP contribution in [0.5, 0.6) is 0 Å². The van der Waals surface area contributed by atoms with Gasteiger partial charge in [-0.15, -0.1) is 0 Å². The molecule has 0 unspecified atom stereocenters. The smallest absolute Gasteiger partial charge is 0.306 e. The predicted molar refractivity (Wildman–Crippen MR) is 91.2 cm³/mol. The van der Waals surface area contributed by atoms with Crippen LogP contribution >= 0.6 is 0 Å². The van der Waals surface area contributed by atoms with Gasteiger partial charge in [0.25, 0.3) is 0 Å².